The molecule has 2 saturated heterocycles. The molecule has 3 rings (SSSR count). The summed E-state index contributed by atoms with van der Waals surface area (Å²) in [5.74, 6) is 0. The molecule has 2 atom stereocenters. The van der Waals surface area contributed by atoms with Gasteiger partial charge in [0.15, 0.2) is 0 Å². The maximum Gasteiger partial charge on any atom is 0.0874 e. The largest absolute Gasteiger partial charge is 0.397 e. The monoisotopic (exact) mass is 261 g/mol. The number of anilines is 2. The third kappa shape index (κ3) is 2.85. The van der Waals surface area contributed by atoms with E-state index in [9.17, 15) is 0 Å². The van der Waals surface area contributed by atoms with Gasteiger partial charge in [0.2, 0.25) is 0 Å². The Balaban J connectivity index is 1.54. The first-order valence-electron chi connectivity index (χ1n) is 7.18. The van der Waals surface area contributed by atoms with Crippen molar-refractivity contribution in [1.82, 2.24) is 4.90 Å². The molecule has 2 heterocycles. The molecule has 1 aromatic rings. The lowest BCUT2D eigenvalue weighted by Crippen LogP contribution is -2.48. The molecule has 4 heteroatoms. The quantitative estimate of drug-likeness (QED) is 0.815. The maximum atomic E-state index is 6.01. The van der Waals surface area contributed by atoms with E-state index in [4.69, 9.17) is 10.5 Å². The van der Waals surface area contributed by atoms with E-state index in [2.05, 4.69) is 23.2 Å². The first-order valence-corrected chi connectivity index (χ1v) is 7.18. The number of aryl methyl sites for hydroxylation is 1. The number of hydrogen-bond donors (Lipinski definition) is 2. The van der Waals surface area contributed by atoms with E-state index in [1.54, 1.807) is 0 Å². The van der Waals surface area contributed by atoms with Crippen LogP contribution in [0.3, 0.4) is 0 Å². The first kappa shape index (κ1) is 12.8. The average molecular weight is 261 g/mol. The number of morpholine rings is 1. The van der Waals surface area contributed by atoms with Crippen LogP contribution in [0.4, 0.5) is 11.4 Å². The maximum absolute atomic E-state index is 6.01. The van der Waals surface area contributed by atoms with Crippen LogP contribution in [-0.2, 0) is 4.74 Å². The van der Waals surface area contributed by atoms with E-state index < -0.39 is 0 Å². The zero-order chi connectivity index (χ0) is 13.2. The third-order valence-electron chi connectivity index (χ3n) is 4.19. The van der Waals surface area contributed by atoms with Gasteiger partial charge >= 0.3 is 0 Å². The van der Waals surface area contributed by atoms with Gasteiger partial charge in [-0.25, -0.2) is 0 Å². The van der Waals surface area contributed by atoms with Gasteiger partial charge in [-0.2, -0.15) is 0 Å². The number of rotatable bonds is 3. The third-order valence-corrected chi connectivity index (χ3v) is 4.19. The SMILES string of the molecule is Cc1ccc(NCC2CN3CCCC3CO2)c(N)c1. The summed E-state index contributed by atoms with van der Waals surface area (Å²) in [5, 5.41) is 3.41. The van der Waals surface area contributed by atoms with Gasteiger partial charge in [0.25, 0.3) is 0 Å². The number of nitrogens with one attached hydrogen (secondary N) is 1. The molecular formula is C15H23N3O. The van der Waals surface area contributed by atoms with Crippen LogP contribution in [0.5, 0.6) is 0 Å². The number of nitrogen functional groups attached to an aromatic ring is 1. The van der Waals surface area contributed by atoms with Crippen LogP contribution in [0.15, 0.2) is 18.2 Å². The molecule has 2 unspecified atom stereocenters. The number of nitrogens with two attached hydrogens (primary N) is 1. The summed E-state index contributed by atoms with van der Waals surface area (Å²) in [6, 6.07) is 6.80. The van der Waals surface area contributed by atoms with Crippen molar-refractivity contribution in [2.75, 3.05) is 37.3 Å². The van der Waals surface area contributed by atoms with Crippen molar-refractivity contribution < 1.29 is 4.74 Å². The topological polar surface area (TPSA) is 50.5 Å². The van der Waals surface area contributed by atoms with E-state index in [1.165, 1.54) is 24.9 Å². The number of nitrogens with zero attached hydrogens (tertiary/aromatic N) is 1. The Morgan fingerprint density at radius 1 is 1.47 bits per heavy atom. The molecule has 2 aliphatic heterocycles. The van der Waals surface area contributed by atoms with Gasteiger partial charge in [0, 0.05) is 19.1 Å². The minimum atomic E-state index is 0.273. The molecule has 0 amide bonds. The van der Waals surface area contributed by atoms with Crippen LogP contribution in [0.1, 0.15) is 18.4 Å². The number of benzene rings is 1. The van der Waals surface area contributed by atoms with Crippen LogP contribution < -0.4 is 11.1 Å². The predicted molar refractivity (Wildman–Crippen MR) is 78.4 cm³/mol. The second kappa shape index (κ2) is 5.39. The molecular weight excluding hydrogens is 238 g/mol. The lowest BCUT2D eigenvalue weighted by atomic mass is 10.1. The zero-order valence-corrected chi connectivity index (χ0v) is 11.6. The average Bonchev–Trinajstić information content (AvgIpc) is 2.85. The molecule has 0 aliphatic carbocycles. The summed E-state index contributed by atoms with van der Waals surface area (Å²) < 4.78 is 5.93. The highest BCUT2D eigenvalue weighted by Crippen LogP contribution is 2.24. The van der Waals surface area contributed by atoms with E-state index in [0.717, 1.165) is 31.1 Å². The summed E-state index contributed by atoms with van der Waals surface area (Å²) in [6.07, 6.45) is 2.89. The van der Waals surface area contributed by atoms with Crippen LogP contribution in [0, 0.1) is 6.92 Å². The summed E-state index contributed by atoms with van der Waals surface area (Å²) in [4.78, 5) is 2.56. The molecule has 2 fully saturated rings. The Morgan fingerprint density at radius 2 is 2.37 bits per heavy atom. The molecule has 0 saturated carbocycles. The Morgan fingerprint density at radius 3 is 3.21 bits per heavy atom. The van der Waals surface area contributed by atoms with Crippen molar-refractivity contribution in [3.8, 4) is 0 Å². The van der Waals surface area contributed by atoms with Crippen molar-refractivity contribution in [2.45, 2.75) is 31.9 Å². The Hall–Kier alpha value is -1.26. The van der Waals surface area contributed by atoms with Gasteiger partial charge in [-0.05, 0) is 44.0 Å². The summed E-state index contributed by atoms with van der Waals surface area (Å²) in [7, 11) is 0. The molecule has 3 N–H and O–H groups in total. The van der Waals surface area contributed by atoms with Crippen molar-refractivity contribution >= 4 is 11.4 Å². The van der Waals surface area contributed by atoms with Crippen molar-refractivity contribution in [3.05, 3.63) is 23.8 Å². The Kier molecular flexibility index (Phi) is 3.62. The molecule has 104 valence electrons. The van der Waals surface area contributed by atoms with Gasteiger partial charge in [0.1, 0.15) is 0 Å². The highest BCUT2D eigenvalue weighted by atomic mass is 16.5. The fraction of sp³-hybridized carbons (Fsp3) is 0.600. The number of hydrogen-bond acceptors (Lipinski definition) is 4. The van der Waals surface area contributed by atoms with Gasteiger partial charge in [0.05, 0.1) is 24.1 Å². The molecule has 1 aromatic carbocycles. The molecule has 0 spiro atoms. The van der Waals surface area contributed by atoms with Crippen LogP contribution in [-0.4, -0.2) is 43.3 Å². The second-order valence-electron chi connectivity index (χ2n) is 5.72. The molecule has 0 aromatic heterocycles. The second-order valence-corrected chi connectivity index (χ2v) is 5.72. The molecule has 2 aliphatic rings. The zero-order valence-electron chi connectivity index (χ0n) is 11.6. The van der Waals surface area contributed by atoms with Crippen LogP contribution in [0.25, 0.3) is 0 Å². The predicted octanol–water partition coefficient (Wildman–Crippen LogP) is 1.85. The van der Waals surface area contributed by atoms with Gasteiger partial charge in [-0.1, -0.05) is 6.07 Å². The standard InChI is InChI=1S/C15H23N3O/c1-11-4-5-15(14(16)7-11)17-8-13-9-18-6-2-3-12(18)10-19-13/h4-5,7,12-13,17H,2-3,6,8-10,16H2,1H3. The Bertz CT molecular complexity index is 449. The van der Waals surface area contributed by atoms with Gasteiger partial charge in [-0.15, -0.1) is 0 Å². The van der Waals surface area contributed by atoms with Crippen molar-refractivity contribution in [1.29, 1.82) is 0 Å². The smallest absolute Gasteiger partial charge is 0.0874 e. The minimum Gasteiger partial charge on any atom is -0.397 e. The fourth-order valence-electron chi connectivity index (χ4n) is 3.08. The lowest BCUT2D eigenvalue weighted by molar-refractivity contribution is -0.0415. The van der Waals surface area contributed by atoms with Gasteiger partial charge in [-0.3, -0.25) is 4.90 Å². The molecule has 19 heavy (non-hydrogen) atoms. The highest BCUT2D eigenvalue weighted by molar-refractivity contribution is 5.66. The summed E-state index contributed by atoms with van der Waals surface area (Å²) in [6.45, 7) is 6.05. The van der Waals surface area contributed by atoms with E-state index >= 15 is 0 Å². The van der Waals surface area contributed by atoms with E-state index in [0.29, 0.717) is 6.04 Å². The van der Waals surface area contributed by atoms with Gasteiger partial charge < -0.3 is 15.8 Å². The van der Waals surface area contributed by atoms with Crippen LogP contribution in [0.2, 0.25) is 0 Å². The Labute approximate surface area is 114 Å². The van der Waals surface area contributed by atoms with Crippen molar-refractivity contribution in [3.63, 3.8) is 0 Å². The molecule has 0 radical (unpaired) electrons. The van der Waals surface area contributed by atoms with E-state index in [-0.39, 0.29) is 6.10 Å². The highest BCUT2D eigenvalue weighted by Gasteiger charge is 2.31. The summed E-state index contributed by atoms with van der Waals surface area (Å²) >= 11 is 0. The minimum absolute atomic E-state index is 0.273. The normalized spacial score (nSPS) is 27.2. The van der Waals surface area contributed by atoms with E-state index in [1.807, 2.05) is 12.1 Å². The van der Waals surface area contributed by atoms with Crippen molar-refractivity contribution in [2.24, 2.45) is 0 Å². The molecule has 4 nitrogen and oxygen atoms in total. The number of fused-ring (bicyclic) bond motifs is 1. The summed E-state index contributed by atoms with van der Waals surface area (Å²) in [5.41, 5.74) is 9.03. The first-order chi connectivity index (χ1) is 9.22. The molecule has 0 bridgehead atoms. The van der Waals surface area contributed by atoms with Crippen LogP contribution >= 0.6 is 0 Å². The fourth-order valence-corrected chi connectivity index (χ4v) is 3.08. The lowest BCUT2D eigenvalue weighted by Gasteiger charge is -2.35. The number of ether oxygens (including phenoxy) is 1.